The average molecular weight is 554 g/mol. The summed E-state index contributed by atoms with van der Waals surface area (Å²) in [6.45, 7) is 6.92. The molecule has 0 unspecified atom stereocenters. The van der Waals surface area contributed by atoms with Crippen molar-refractivity contribution in [2.45, 2.75) is 57.5 Å². The molecule has 0 amide bonds. The first-order valence-corrected chi connectivity index (χ1v) is 13.7. The Morgan fingerprint density at radius 3 is 2.23 bits per heavy atom. The van der Waals surface area contributed by atoms with E-state index in [1.54, 1.807) is 28.9 Å². The minimum absolute atomic E-state index is 0.0297. The van der Waals surface area contributed by atoms with Crippen LogP contribution < -0.4 is 4.90 Å². The van der Waals surface area contributed by atoms with E-state index in [1.165, 1.54) is 24.3 Å². The summed E-state index contributed by atoms with van der Waals surface area (Å²) in [7, 11) is 0. The van der Waals surface area contributed by atoms with Crippen LogP contribution in [-0.2, 0) is 11.3 Å². The Balaban J connectivity index is 1.31. The second-order valence-electron chi connectivity index (χ2n) is 10.4. The number of halogens is 3. The zero-order valence-corrected chi connectivity index (χ0v) is 22.6. The third-order valence-corrected chi connectivity index (χ3v) is 7.90. The van der Waals surface area contributed by atoms with Crippen LogP contribution in [0.5, 0.6) is 0 Å². The molecule has 6 rings (SSSR count). The van der Waals surface area contributed by atoms with Crippen molar-refractivity contribution in [2.75, 3.05) is 24.6 Å². The lowest BCUT2D eigenvalue weighted by Crippen LogP contribution is -2.57. The third-order valence-electron chi connectivity index (χ3n) is 7.73. The maximum absolute atomic E-state index is 13.8. The summed E-state index contributed by atoms with van der Waals surface area (Å²) in [5.41, 5.74) is 3.09. The molecule has 2 aromatic heterocycles. The van der Waals surface area contributed by atoms with E-state index in [-0.39, 0.29) is 41.1 Å². The summed E-state index contributed by atoms with van der Waals surface area (Å²) in [6.07, 6.45) is 2.10. The molecule has 2 aliphatic rings. The summed E-state index contributed by atoms with van der Waals surface area (Å²) in [4.78, 5) is 13.6. The van der Waals surface area contributed by atoms with E-state index in [0.717, 1.165) is 30.6 Å². The van der Waals surface area contributed by atoms with E-state index in [1.807, 2.05) is 0 Å². The normalized spacial score (nSPS) is 22.3. The molecule has 3 atom stereocenters. The van der Waals surface area contributed by atoms with Gasteiger partial charge >= 0.3 is 0 Å². The van der Waals surface area contributed by atoms with Gasteiger partial charge in [0, 0.05) is 31.8 Å². The monoisotopic (exact) mass is 553 g/mol. The van der Waals surface area contributed by atoms with Crippen LogP contribution in [0.4, 0.5) is 14.6 Å². The standard InChI is InChI=1S/C28H30ClF2N7O/c1-17-15-37(26-24-27(33-28(29)32-26)38(35-34-24)16-23-4-3-13-39-23)18(2)14-36(17)25(19-5-9-21(30)10-6-19)20-7-11-22(31)12-8-20/h5-12,17-18,23,25H,3-4,13-16H2,1-2H3/t17-,18+,23+/m1/s1. The summed E-state index contributed by atoms with van der Waals surface area (Å²) in [6, 6.07) is 13.0. The first-order chi connectivity index (χ1) is 18.9. The van der Waals surface area contributed by atoms with Crippen LogP contribution in [0.25, 0.3) is 11.2 Å². The summed E-state index contributed by atoms with van der Waals surface area (Å²) >= 11 is 6.42. The SMILES string of the molecule is C[C@@H]1CN(c2nc(Cl)nc3c2nnn3C[C@@H]2CCCO2)[C@@H](C)CN1C(c1ccc(F)cc1)c1ccc(F)cc1. The lowest BCUT2D eigenvalue weighted by Gasteiger charge is -2.48. The molecule has 8 nitrogen and oxygen atoms in total. The molecular formula is C28H30ClF2N7O. The van der Waals surface area contributed by atoms with Gasteiger partial charge in [-0.3, -0.25) is 4.90 Å². The van der Waals surface area contributed by atoms with E-state index < -0.39 is 0 Å². The Bertz CT molecular complexity index is 1400. The lowest BCUT2D eigenvalue weighted by molar-refractivity contribution is 0.0944. The number of ether oxygens (including phenoxy) is 1. The number of benzene rings is 2. The van der Waals surface area contributed by atoms with Crippen LogP contribution in [0.15, 0.2) is 48.5 Å². The first-order valence-electron chi connectivity index (χ1n) is 13.3. The highest BCUT2D eigenvalue weighted by atomic mass is 35.5. The molecule has 2 aliphatic heterocycles. The van der Waals surface area contributed by atoms with Crippen LogP contribution in [-0.4, -0.2) is 67.7 Å². The van der Waals surface area contributed by atoms with Crippen LogP contribution in [0, 0.1) is 11.6 Å². The lowest BCUT2D eigenvalue weighted by atomic mass is 9.93. The van der Waals surface area contributed by atoms with Crippen LogP contribution in [0.3, 0.4) is 0 Å². The predicted molar refractivity (Wildman–Crippen MR) is 145 cm³/mol. The highest BCUT2D eigenvalue weighted by Crippen LogP contribution is 2.36. The Labute approximate surface area is 230 Å². The Morgan fingerprint density at radius 2 is 1.62 bits per heavy atom. The average Bonchev–Trinajstić information content (AvgIpc) is 3.58. The molecule has 0 bridgehead atoms. The molecule has 11 heteroatoms. The number of aromatic nitrogens is 5. The van der Waals surface area contributed by atoms with Gasteiger partial charge in [-0.1, -0.05) is 29.5 Å². The van der Waals surface area contributed by atoms with Gasteiger partial charge in [0.2, 0.25) is 5.28 Å². The maximum Gasteiger partial charge on any atom is 0.226 e. The van der Waals surface area contributed by atoms with Gasteiger partial charge in [-0.05, 0) is 73.7 Å². The highest BCUT2D eigenvalue weighted by Gasteiger charge is 2.37. The maximum atomic E-state index is 13.8. The third kappa shape index (κ3) is 5.20. The van der Waals surface area contributed by atoms with Crippen LogP contribution in [0.2, 0.25) is 5.28 Å². The molecule has 0 spiro atoms. The zero-order chi connectivity index (χ0) is 27.1. The highest BCUT2D eigenvalue weighted by molar-refractivity contribution is 6.28. The molecule has 2 fully saturated rings. The molecule has 0 aliphatic carbocycles. The molecule has 0 radical (unpaired) electrons. The first kappa shape index (κ1) is 26.0. The molecular weight excluding hydrogens is 524 g/mol. The number of hydrogen-bond acceptors (Lipinski definition) is 7. The number of hydrogen-bond donors (Lipinski definition) is 0. The predicted octanol–water partition coefficient (Wildman–Crippen LogP) is 5.02. The van der Waals surface area contributed by atoms with Crippen molar-refractivity contribution in [3.63, 3.8) is 0 Å². The summed E-state index contributed by atoms with van der Waals surface area (Å²) < 4.78 is 35.1. The quantitative estimate of drug-likeness (QED) is 0.310. The van der Waals surface area contributed by atoms with E-state index in [9.17, 15) is 8.78 Å². The number of anilines is 1. The van der Waals surface area contributed by atoms with E-state index >= 15 is 0 Å². The number of fused-ring (bicyclic) bond motifs is 1. The Hall–Kier alpha value is -3.21. The molecule has 4 aromatic rings. The minimum atomic E-state index is -0.292. The van der Waals surface area contributed by atoms with E-state index in [4.69, 9.17) is 16.3 Å². The molecule has 2 aromatic carbocycles. The molecule has 0 N–H and O–H groups in total. The van der Waals surface area contributed by atoms with Gasteiger partial charge < -0.3 is 9.64 Å². The van der Waals surface area contributed by atoms with Gasteiger partial charge in [-0.15, -0.1) is 5.10 Å². The van der Waals surface area contributed by atoms with Gasteiger partial charge in [-0.25, -0.2) is 13.5 Å². The fourth-order valence-corrected chi connectivity index (χ4v) is 5.95. The van der Waals surface area contributed by atoms with Crippen molar-refractivity contribution in [1.29, 1.82) is 0 Å². The van der Waals surface area contributed by atoms with Crippen molar-refractivity contribution < 1.29 is 13.5 Å². The molecule has 0 saturated carbocycles. The summed E-state index contributed by atoms with van der Waals surface area (Å²) in [5.74, 6) is 0.0720. The number of nitrogens with zero attached hydrogens (tertiary/aromatic N) is 7. The van der Waals surface area contributed by atoms with Crippen molar-refractivity contribution in [3.05, 3.63) is 76.6 Å². The topological polar surface area (TPSA) is 72.2 Å². The van der Waals surface area contributed by atoms with Crippen molar-refractivity contribution in [2.24, 2.45) is 0 Å². The Kier molecular flexibility index (Phi) is 7.18. The van der Waals surface area contributed by atoms with Gasteiger partial charge in [0.25, 0.3) is 0 Å². The molecule has 39 heavy (non-hydrogen) atoms. The minimum Gasteiger partial charge on any atom is -0.376 e. The van der Waals surface area contributed by atoms with E-state index in [0.29, 0.717) is 36.6 Å². The second kappa shape index (κ2) is 10.7. The molecule has 204 valence electrons. The zero-order valence-electron chi connectivity index (χ0n) is 21.8. The Morgan fingerprint density at radius 1 is 0.949 bits per heavy atom. The van der Waals surface area contributed by atoms with Crippen molar-refractivity contribution >= 4 is 28.6 Å². The second-order valence-corrected chi connectivity index (χ2v) is 10.8. The molecule has 4 heterocycles. The number of piperazine rings is 1. The van der Waals surface area contributed by atoms with Gasteiger partial charge in [0.05, 0.1) is 18.7 Å². The fourth-order valence-electron chi connectivity index (χ4n) is 5.79. The number of rotatable bonds is 6. The fraction of sp³-hybridized carbons (Fsp3) is 0.429. The van der Waals surface area contributed by atoms with Crippen LogP contribution >= 0.6 is 11.6 Å². The largest absolute Gasteiger partial charge is 0.376 e. The van der Waals surface area contributed by atoms with Crippen molar-refractivity contribution in [1.82, 2.24) is 29.9 Å². The molecule has 2 saturated heterocycles. The van der Waals surface area contributed by atoms with Gasteiger partial charge in [0.1, 0.15) is 11.6 Å². The van der Waals surface area contributed by atoms with Crippen molar-refractivity contribution in [3.8, 4) is 0 Å². The van der Waals surface area contributed by atoms with E-state index in [2.05, 4.69) is 43.9 Å². The van der Waals surface area contributed by atoms with Gasteiger partial charge in [0.15, 0.2) is 17.0 Å². The van der Waals surface area contributed by atoms with Crippen LogP contribution in [0.1, 0.15) is 43.9 Å². The smallest absolute Gasteiger partial charge is 0.226 e. The summed E-state index contributed by atoms with van der Waals surface area (Å²) in [5, 5.41) is 8.96. The van der Waals surface area contributed by atoms with Gasteiger partial charge in [-0.2, -0.15) is 9.97 Å².